The summed E-state index contributed by atoms with van der Waals surface area (Å²) in [6.07, 6.45) is 5.63. The van der Waals surface area contributed by atoms with Crippen LogP contribution in [-0.2, 0) is 9.47 Å². The van der Waals surface area contributed by atoms with E-state index in [0.717, 1.165) is 75.2 Å². The van der Waals surface area contributed by atoms with E-state index in [9.17, 15) is 0 Å². The molecule has 0 aromatic carbocycles. The molecule has 0 spiro atoms. The van der Waals surface area contributed by atoms with Crippen LogP contribution < -0.4 is 0 Å². The molecular weight excluding hydrogens is 284 g/mol. The summed E-state index contributed by atoms with van der Waals surface area (Å²) in [6, 6.07) is 1.64. The summed E-state index contributed by atoms with van der Waals surface area (Å²) in [5.41, 5.74) is 0. The Morgan fingerprint density at radius 3 is 1.48 bits per heavy atom. The smallest absolute Gasteiger partial charge is 0.0594 e. The summed E-state index contributed by atoms with van der Waals surface area (Å²) in [5, 5.41) is 1.75. The molecule has 4 aliphatic heterocycles. The molecule has 0 radical (unpaired) electrons. The van der Waals surface area contributed by atoms with E-state index in [2.05, 4.69) is 21.6 Å². The van der Waals surface area contributed by atoms with Gasteiger partial charge in [-0.05, 0) is 25.7 Å². The molecule has 0 amide bonds. The van der Waals surface area contributed by atoms with Gasteiger partial charge in [0.05, 0.1) is 26.4 Å². The van der Waals surface area contributed by atoms with Gasteiger partial charge in [-0.2, -0.15) is 11.8 Å². The van der Waals surface area contributed by atoms with Crippen LogP contribution in [0.5, 0.6) is 0 Å². The first kappa shape index (κ1) is 14.8. The van der Waals surface area contributed by atoms with E-state index >= 15 is 0 Å². The van der Waals surface area contributed by atoms with E-state index in [1.165, 1.54) is 25.7 Å². The van der Waals surface area contributed by atoms with Gasteiger partial charge in [0, 0.05) is 48.8 Å². The minimum atomic E-state index is 0.820. The number of nitrogens with zero attached hydrogens (tertiary/aromatic N) is 2. The lowest BCUT2D eigenvalue weighted by molar-refractivity contribution is -0.00254. The van der Waals surface area contributed by atoms with Gasteiger partial charge in [0.25, 0.3) is 0 Å². The maximum absolute atomic E-state index is 5.52. The fourth-order valence-corrected chi connectivity index (χ4v) is 6.59. The highest BCUT2D eigenvalue weighted by Gasteiger charge is 2.43. The van der Waals surface area contributed by atoms with Crippen molar-refractivity contribution in [2.45, 2.75) is 48.3 Å². The van der Waals surface area contributed by atoms with Crippen LogP contribution in [0.2, 0.25) is 0 Å². The molecule has 4 atom stereocenters. The monoisotopic (exact) mass is 312 g/mol. The first-order chi connectivity index (χ1) is 10.4. The first-order valence-electron chi connectivity index (χ1n) is 8.71. The molecule has 5 heteroatoms. The summed E-state index contributed by atoms with van der Waals surface area (Å²) in [6.45, 7) is 8.36. The second kappa shape index (κ2) is 6.75. The Balaban J connectivity index is 1.37. The maximum Gasteiger partial charge on any atom is 0.0594 e. The minimum absolute atomic E-state index is 0.820. The molecule has 2 bridgehead atoms. The average molecular weight is 312 g/mol. The molecule has 0 aromatic rings. The predicted octanol–water partition coefficient (Wildman–Crippen LogP) is 1.45. The van der Waals surface area contributed by atoms with Crippen molar-refractivity contribution in [1.82, 2.24) is 9.80 Å². The summed E-state index contributed by atoms with van der Waals surface area (Å²) >= 11 is 2.31. The number of hydrogen-bond acceptors (Lipinski definition) is 5. The molecule has 4 saturated heterocycles. The molecule has 4 heterocycles. The molecule has 4 nitrogen and oxygen atoms in total. The Kier molecular flexibility index (Phi) is 4.74. The van der Waals surface area contributed by atoms with Crippen molar-refractivity contribution in [3.05, 3.63) is 0 Å². The SMILES string of the molecule is C1CN([C@@H]2CC[C@@H]3S[C@H]2CC[C@H]3N2CCOCC2)CCO1. The number of fused-ring (bicyclic) bond motifs is 2. The lowest BCUT2D eigenvalue weighted by Gasteiger charge is -2.51. The van der Waals surface area contributed by atoms with Crippen molar-refractivity contribution >= 4 is 11.8 Å². The first-order valence-corrected chi connectivity index (χ1v) is 9.65. The Bertz CT molecular complexity index is 313. The van der Waals surface area contributed by atoms with Crippen molar-refractivity contribution in [1.29, 1.82) is 0 Å². The molecule has 4 aliphatic rings. The van der Waals surface area contributed by atoms with Crippen LogP contribution in [0, 0.1) is 0 Å². The Hall–Kier alpha value is 0.190. The molecule has 0 aliphatic carbocycles. The zero-order valence-electron chi connectivity index (χ0n) is 12.9. The molecule has 4 fully saturated rings. The zero-order valence-corrected chi connectivity index (χ0v) is 13.7. The van der Waals surface area contributed by atoms with Crippen molar-refractivity contribution in [2.75, 3.05) is 52.6 Å². The summed E-state index contributed by atoms with van der Waals surface area (Å²) < 4.78 is 11.0. The average Bonchev–Trinajstić information content (AvgIpc) is 2.57. The van der Waals surface area contributed by atoms with E-state index < -0.39 is 0 Å². The van der Waals surface area contributed by atoms with Gasteiger partial charge in [-0.15, -0.1) is 0 Å². The fraction of sp³-hybridized carbons (Fsp3) is 1.00. The highest BCUT2D eigenvalue weighted by Crippen LogP contribution is 2.45. The van der Waals surface area contributed by atoms with Gasteiger partial charge in [0.15, 0.2) is 0 Å². The summed E-state index contributed by atoms with van der Waals surface area (Å²) in [5.74, 6) is 0. The van der Waals surface area contributed by atoms with E-state index in [1.54, 1.807) is 0 Å². The van der Waals surface area contributed by atoms with Gasteiger partial charge < -0.3 is 9.47 Å². The lowest BCUT2D eigenvalue weighted by atomic mass is 9.89. The van der Waals surface area contributed by atoms with Crippen LogP contribution >= 0.6 is 11.8 Å². The molecule has 4 rings (SSSR count). The Labute approximate surface area is 132 Å². The highest BCUT2D eigenvalue weighted by atomic mass is 32.2. The van der Waals surface area contributed by atoms with Gasteiger partial charge >= 0.3 is 0 Å². The van der Waals surface area contributed by atoms with Crippen LogP contribution in [0.4, 0.5) is 0 Å². The molecule has 0 aromatic heterocycles. The Morgan fingerprint density at radius 2 is 1.05 bits per heavy atom. The zero-order chi connectivity index (χ0) is 14.1. The van der Waals surface area contributed by atoms with Crippen molar-refractivity contribution < 1.29 is 9.47 Å². The van der Waals surface area contributed by atoms with Crippen LogP contribution in [-0.4, -0.2) is 85.0 Å². The molecule has 0 unspecified atom stereocenters. The number of morpholine rings is 2. The predicted molar refractivity (Wildman–Crippen MR) is 86.0 cm³/mol. The number of hydrogen-bond donors (Lipinski definition) is 0. The quantitative estimate of drug-likeness (QED) is 0.768. The van der Waals surface area contributed by atoms with Crippen molar-refractivity contribution in [3.8, 4) is 0 Å². The third-order valence-electron chi connectivity index (χ3n) is 5.73. The lowest BCUT2D eigenvalue weighted by Crippen LogP contribution is -2.57. The fourth-order valence-electron chi connectivity index (χ4n) is 4.62. The highest BCUT2D eigenvalue weighted by molar-refractivity contribution is 8.00. The summed E-state index contributed by atoms with van der Waals surface area (Å²) in [4.78, 5) is 5.43. The summed E-state index contributed by atoms with van der Waals surface area (Å²) in [7, 11) is 0. The molecule has 120 valence electrons. The van der Waals surface area contributed by atoms with Gasteiger partial charge in [0.1, 0.15) is 0 Å². The van der Waals surface area contributed by atoms with Gasteiger partial charge in [-0.3, -0.25) is 9.80 Å². The van der Waals surface area contributed by atoms with E-state index in [1.807, 2.05) is 0 Å². The molecule has 21 heavy (non-hydrogen) atoms. The second-order valence-electron chi connectivity index (χ2n) is 6.80. The third kappa shape index (κ3) is 3.13. The van der Waals surface area contributed by atoms with E-state index in [4.69, 9.17) is 9.47 Å². The van der Waals surface area contributed by atoms with Gasteiger partial charge in [0.2, 0.25) is 0 Å². The van der Waals surface area contributed by atoms with Gasteiger partial charge in [-0.25, -0.2) is 0 Å². The molecule has 0 N–H and O–H groups in total. The van der Waals surface area contributed by atoms with E-state index in [0.29, 0.717) is 0 Å². The van der Waals surface area contributed by atoms with E-state index in [-0.39, 0.29) is 0 Å². The molecule has 0 saturated carbocycles. The second-order valence-corrected chi connectivity index (χ2v) is 8.28. The van der Waals surface area contributed by atoms with Crippen LogP contribution in [0.25, 0.3) is 0 Å². The minimum Gasteiger partial charge on any atom is -0.379 e. The molecular formula is C16H28N2O2S. The largest absolute Gasteiger partial charge is 0.379 e. The maximum atomic E-state index is 5.52. The van der Waals surface area contributed by atoms with Gasteiger partial charge in [-0.1, -0.05) is 0 Å². The topological polar surface area (TPSA) is 24.9 Å². The number of thioether (sulfide) groups is 1. The van der Waals surface area contributed by atoms with Crippen LogP contribution in [0.1, 0.15) is 25.7 Å². The van der Waals surface area contributed by atoms with Crippen molar-refractivity contribution in [2.24, 2.45) is 0 Å². The van der Waals surface area contributed by atoms with Crippen LogP contribution in [0.3, 0.4) is 0 Å². The van der Waals surface area contributed by atoms with Crippen LogP contribution in [0.15, 0.2) is 0 Å². The number of rotatable bonds is 2. The Morgan fingerprint density at radius 1 is 0.619 bits per heavy atom. The normalized spacial score (nSPS) is 42.9. The number of ether oxygens (including phenoxy) is 2. The third-order valence-corrected chi connectivity index (χ3v) is 7.53. The standard InChI is InChI=1S/C16H28N2O2S/c1-3-15-14(18-7-11-20-12-8-18)2-4-16(21-15)13(1)17-5-9-19-10-6-17/h13-16H,1-12H2/t13-,14-,15+,16+/m1/s1. The van der Waals surface area contributed by atoms with Crippen molar-refractivity contribution in [3.63, 3.8) is 0 Å².